The van der Waals surface area contributed by atoms with Crippen molar-refractivity contribution in [2.45, 2.75) is 112 Å². The number of phenolic OH excluding ortho intramolecular Hbond substituents is 1. The van der Waals surface area contributed by atoms with Crippen molar-refractivity contribution in [2.75, 3.05) is 11.9 Å². The van der Waals surface area contributed by atoms with Gasteiger partial charge in [0.05, 0.1) is 11.3 Å². The number of carbonyl (C=O) groups excluding carboxylic acids is 2. The summed E-state index contributed by atoms with van der Waals surface area (Å²) in [5.74, 6) is 0.0681. The molecule has 3 aromatic rings. The van der Waals surface area contributed by atoms with Crippen LogP contribution in [-0.4, -0.2) is 29.2 Å². The number of hydrogen-bond donors (Lipinski definition) is 2. The predicted octanol–water partition coefficient (Wildman–Crippen LogP) is 9.27. The summed E-state index contributed by atoms with van der Waals surface area (Å²) in [6.07, 6.45) is -3.68. The summed E-state index contributed by atoms with van der Waals surface area (Å²) < 4.78 is 60.8. The second kappa shape index (κ2) is 12.7. The molecule has 3 aromatic carbocycles. The molecule has 0 fully saturated rings. The Bertz CT molecular complexity index is 1730. The van der Waals surface area contributed by atoms with Crippen LogP contribution in [0.15, 0.2) is 30.3 Å². The molecule has 2 N–H and O–H groups in total. The molecule has 1 aliphatic rings. The van der Waals surface area contributed by atoms with Crippen LogP contribution in [0.4, 0.5) is 18.9 Å². The highest BCUT2D eigenvalue weighted by atomic mass is 19.4. The number of halogens is 3. The Morgan fingerprint density at radius 3 is 2.02 bits per heavy atom. The number of carbonyl (C=O) groups is 2. The number of esters is 1. The van der Waals surface area contributed by atoms with Crippen LogP contribution in [0, 0.1) is 20.8 Å². The number of alkyl halides is 3. The molecule has 1 amide bonds. The van der Waals surface area contributed by atoms with Gasteiger partial charge in [0, 0.05) is 29.2 Å². The zero-order chi connectivity index (χ0) is 36.1. The third-order valence-corrected chi connectivity index (χ3v) is 8.89. The van der Waals surface area contributed by atoms with Gasteiger partial charge in [-0.05, 0) is 98.4 Å². The molecule has 1 unspecified atom stereocenters. The van der Waals surface area contributed by atoms with Gasteiger partial charge < -0.3 is 24.6 Å². The number of rotatable bonds is 6. The maximum absolute atomic E-state index is 14.3. The first-order chi connectivity index (χ1) is 21.9. The molecule has 10 heteroatoms. The van der Waals surface area contributed by atoms with E-state index in [1.54, 1.807) is 0 Å². The predicted molar refractivity (Wildman–Crippen MR) is 180 cm³/mol. The number of benzene rings is 3. The fourth-order valence-electron chi connectivity index (χ4n) is 5.98. The number of ether oxygens (including phenoxy) is 3. The Balaban J connectivity index is 1.60. The summed E-state index contributed by atoms with van der Waals surface area (Å²) in [6.45, 7) is 20.1. The number of anilines is 1. The Morgan fingerprint density at radius 1 is 0.917 bits per heavy atom. The summed E-state index contributed by atoms with van der Waals surface area (Å²) in [7, 11) is 0. The van der Waals surface area contributed by atoms with E-state index < -0.39 is 45.7 Å². The summed E-state index contributed by atoms with van der Waals surface area (Å²) in [4.78, 5) is 25.1. The van der Waals surface area contributed by atoms with E-state index in [4.69, 9.17) is 14.2 Å². The van der Waals surface area contributed by atoms with Crippen LogP contribution >= 0.6 is 0 Å². The average Bonchev–Trinajstić information content (AvgIpc) is 2.96. The van der Waals surface area contributed by atoms with Crippen molar-refractivity contribution in [3.63, 3.8) is 0 Å². The highest BCUT2D eigenvalue weighted by Gasteiger charge is 2.38. The highest BCUT2D eigenvalue weighted by molar-refractivity contribution is 6.05. The molecule has 1 atom stereocenters. The monoisotopic (exact) mass is 669 g/mol. The van der Waals surface area contributed by atoms with Crippen LogP contribution in [0.3, 0.4) is 0 Å². The summed E-state index contributed by atoms with van der Waals surface area (Å²) in [5, 5.41) is 13.4. The first-order valence-corrected chi connectivity index (χ1v) is 16.0. The molecule has 0 aliphatic carbocycles. The van der Waals surface area contributed by atoms with Crippen LogP contribution in [0.25, 0.3) is 0 Å². The molecule has 1 heterocycles. The van der Waals surface area contributed by atoms with Crippen LogP contribution in [-0.2, 0) is 28.2 Å². The van der Waals surface area contributed by atoms with Gasteiger partial charge in [-0.2, -0.15) is 13.2 Å². The van der Waals surface area contributed by atoms with Gasteiger partial charge in [0.2, 0.25) is 0 Å². The molecule has 48 heavy (non-hydrogen) atoms. The summed E-state index contributed by atoms with van der Waals surface area (Å²) in [5.41, 5.74) is 1.13. The van der Waals surface area contributed by atoms with Crippen LogP contribution in [0.2, 0.25) is 0 Å². The van der Waals surface area contributed by atoms with E-state index >= 15 is 0 Å². The van der Waals surface area contributed by atoms with E-state index in [1.807, 2.05) is 69.2 Å². The molecular weight excluding hydrogens is 623 g/mol. The number of aromatic hydroxyl groups is 1. The van der Waals surface area contributed by atoms with E-state index in [2.05, 4.69) is 5.32 Å². The number of fused-ring (bicyclic) bond motifs is 1. The SMILES string of the molecule is CC(=O)Oc1c(C)c(C)c2c(c1C)CCC(C)(COc1ccc(NC(=O)c3cc(C(C)(C)C)c(O)c(C(C)(C)C)c3)c(C(F)(F)F)c1)O2. The Morgan fingerprint density at radius 2 is 1.50 bits per heavy atom. The Kier molecular flexibility index (Phi) is 9.67. The van der Waals surface area contributed by atoms with Crippen molar-refractivity contribution < 1.29 is 42.1 Å². The first-order valence-electron chi connectivity index (χ1n) is 16.0. The molecule has 1 aliphatic heterocycles. The maximum Gasteiger partial charge on any atom is 0.418 e. The maximum atomic E-state index is 14.3. The molecule has 0 aromatic heterocycles. The molecule has 0 saturated heterocycles. The first kappa shape index (κ1) is 36.6. The largest absolute Gasteiger partial charge is 0.507 e. The molecule has 0 radical (unpaired) electrons. The third-order valence-electron chi connectivity index (χ3n) is 8.89. The summed E-state index contributed by atoms with van der Waals surface area (Å²) in [6, 6.07) is 6.48. The lowest BCUT2D eigenvalue weighted by molar-refractivity contribution is -0.137. The second-order valence-corrected chi connectivity index (χ2v) is 15.0. The van der Waals surface area contributed by atoms with Crippen LogP contribution < -0.4 is 19.5 Å². The van der Waals surface area contributed by atoms with E-state index in [9.17, 15) is 27.9 Å². The van der Waals surface area contributed by atoms with Crippen LogP contribution in [0.5, 0.6) is 23.0 Å². The molecule has 4 rings (SSSR count). The minimum absolute atomic E-state index is 0.0279. The van der Waals surface area contributed by atoms with E-state index in [1.165, 1.54) is 31.2 Å². The second-order valence-electron chi connectivity index (χ2n) is 15.0. The minimum Gasteiger partial charge on any atom is -0.507 e. The van der Waals surface area contributed by atoms with Crippen molar-refractivity contribution in [2.24, 2.45) is 0 Å². The van der Waals surface area contributed by atoms with Crippen molar-refractivity contribution in [3.8, 4) is 23.0 Å². The van der Waals surface area contributed by atoms with E-state index in [0.717, 1.165) is 28.3 Å². The molecule has 0 bridgehead atoms. The fourth-order valence-corrected chi connectivity index (χ4v) is 5.98. The van der Waals surface area contributed by atoms with Crippen molar-refractivity contribution in [1.82, 2.24) is 0 Å². The Hall–Kier alpha value is -4.21. The number of nitrogens with one attached hydrogen (secondary N) is 1. The standard InChI is InChI=1S/C38H46F3NO6/c1-20-21(2)33-26(22(3)32(20)47-23(4)43)14-15-37(11,48-33)19-46-25-12-13-30(27(18-25)38(39,40)41)42-34(45)24-16-28(35(5,6)7)31(44)29(17-24)36(8,9)10/h12-13,16-18,44H,14-15,19H2,1-11H3,(H,42,45). The lowest BCUT2D eigenvalue weighted by atomic mass is 9.78. The highest BCUT2D eigenvalue weighted by Crippen LogP contribution is 2.45. The number of phenols is 1. The van der Waals surface area contributed by atoms with E-state index in [0.29, 0.717) is 35.5 Å². The van der Waals surface area contributed by atoms with Gasteiger partial charge in [0.1, 0.15) is 35.2 Å². The molecule has 0 spiro atoms. The lowest BCUT2D eigenvalue weighted by Crippen LogP contribution is -2.42. The van der Waals surface area contributed by atoms with Gasteiger partial charge in [0.25, 0.3) is 5.91 Å². The fraction of sp³-hybridized carbons (Fsp3) is 0.474. The smallest absolute Gasteiger partial charge is 0.418 e. The molecule has 260 valence electrons. The topological polar surface area (TPSA) is 94.1 Å². The van der Waals surface area contributed by atoms with Crippen molar-refractivity contribution in [1.29, 1.82) is 0 Å². The quantitative estimate of drug-likeness (QED) is 0.201. The van der Waals surface area contributed by atoms with Gasteiger partial charge in [-0.3, -0.25) is 9.59 Å². The number of hydrogen-bond acceptors (Lipinski definition) is 6. The number of amides is 1. The van der Waals surface area contributed by atoms with Gasteiger partial charge in [-0.25, -0.2) is 0 Å². The molecule has 0 saturated carbocycles. The van der Waals surface area contributed by atoms with Gasteiger partial charge >= 0.3 is 12.1 Å². The normalized spacial score (nSPS) is 16.5. The minimum atomic E-state index is -4.79. The van der Waals surface area contributed by atoms with Gasteiger partial charge in [-0.1, -0.05) is 41.5 Å². The zero-order valence-electron chi connectivity index (χ0n) is 29.6. The van der Waals surface area contributed by atoms with Gasteiger partial charge in [-0.15, -0.1) is 0 Å². The third kappa shape index (κ3) is 7.58. The van der Waals surface area contributed by atoms with Crippen molar-refractivity contribution >= 4 is 17.6 Å². The lowest BCUT2D eigenvalue weighted by Gasteiger charge is -2.37. The van der Waals surface area contributed by atoms with E-state index in [-0.39, 0.29) is 23.7 Å². The van der Waals surface area contributed by atoms with Crippen LogP contribution in [0.1, 0.15) is 111 Å². The summed E-state index contributed by atoms with van der Waals surface area (Å²) >= 11 is 0. The molecule has 7 nitrogen and oxygen atoms in total. The Labute approximate surface area is 280 Å². The van der Waals surface area contributed by atoms with Gasteiger partial charge in [0.15, 0.2) is 0 Å². The zero-order valence-corrected chi connectivity index (χ0v) is 29.6. The molecular formula is C38H46F3NO6. The average molecular weight is 670 g/mol. The van der Waals surface area contributed by atoms with Crippen molar-refractivity contribution in [3.05, 3.63) is 74.8 Å².